The maximum atomic E-state index is 12.6. The van der Waals surface area contributed by atoms with E-state index in [0.717, 1.165) is 54.9 Å². The molecular formula is C26H32N4O2. The Balaban J connectivity index is 1.48. The number of methoxy groups -OCH3 is 1. The van der Waals surface area contributed by atoms with Crippen molar-refractivity contribution in [3.63, 3.8) is 0 Å². The van der Waals surface area contributed by atoms with Crippen LogP contribution in [0.15, 0.2) is 54.7 Å². The van der Waals surface area contributed by atoms with Gasteiger partial charge in [-0.1, -0.05) is 19.9 Å². The number of pyridine rings is 1. The molecule has 0 radical (unpaired) electrons. The molecule has 0 atom stereocenters. The van der Waals surface area contributed by atoms with Crippen molar-refractivity contribution in [2.24, 2.45) is 5.92 Å². The van der Waals surface area contributed by atoms with Gasteiger partial charge in [0.25, 0.3) is 5.91 Å². The van der Waals surface area contributed by atoms with Crippen LogP contribution in [0.4, 0.5) is 11.5 Å². The SMILES string of the molecule is COc1ccc(N2CCN(c3nccc4ccc(C(=O)NCCC(C)C)cc34)CC2)cc1. The van der Waals surface area contributed by atoms with E-state index in [2.05, 4.69) is 41.1 Å². The fraction of sp³-hybridized carbons (Fsp3) is 0.385. The number of rotatable bonds is 7. The van der Waals surface area contributed by atoms with Gasteiger partial charge in [-0.15, -0.1) is 0 Å². The van der Waals surface area contributed by atoms with Gasteiger partial charge < -0.3 is 19.9 Å². The second kappa shape index (κ2) is 9.90. The number of amides is 1. The summed E-state index contributed by atoms with van der Waals surface area (Å²) in [6.07, 6.45) is 2.83. The average Bonchev–Trinajstić information content (AvgIpc) is 2.83. The number of benzene rings is 2. The highest BCUT2D eigenvalue weighted by atomic mass is 16.5. The summed E-state index contributed by atoms with van der Waals surface area (Å²) >= 11 is 0. The summed E-state index contributed by atoms with van der Waals surface area (Å²) in [7, 11) is 1.69. The fourth-order valence-electron chi connectivity index (χ4n) is 4.09. The third kappa shape index (κ3) is 4.96. The molecule has 1 N–H and O–H groups in total. The topological polar surface area (TPSA) is 57.7 Å². The number of hydrogen-bond donors (Lipinski definition) is 1. The number of nitrogens with zero attached hydrogens (tertiary/aromatic N) is 3. The number of aromatic nitrogens is 1. The first-order valence-corrected chi connectivity index (χ1v) is 11.4. The minimum atomic E-state index is -0.0216. The lowest BCUT2D eigenvalue weighted by atomic mass is 10.1. The molecule has 0 bridgehead atoms. The first-order chi connectivity index (χ1) is 15.5. The van der Waals surface area contributed by atoms with Crippen LogP contribution in [0.1, 0.15) is 30.6 Å². The Kier molecular flexibility index (Phi) is 6.78. The van der Waals surface area contributed by atoms with Crippen LogP contribution in [0.5, 0.6) is 5.75 Å². The molecule has 4 rings (SSSR count). The lowest BCUT2D eigenvalue weighted by Gasteiger charge is -2.37. The first kappa shape index (κ1) is 21.9. The van der Waals surface area contributed by atoms with Crippen molar-refractivity contribution in [2.75, 3.05) is 49.6 Å². The van der Waals surface area contributed by atoms with Gasteiger partial charge in [-0.2, -0.15) is 0 Å². The number of fused-ring (bicyclic) bond motifs is 1. The Morgan fingerprint density at radius 3 is 2.44 bits per heavy atom. The third-order valence-corrected chi connectivity index (χ3v) is 6.03. The van der Waals surface area contributed by atoms with Gasteiger partial charge in [-0.25, -0.2) is 4.98 Å². The highest BCUT2D eigenvalue weighted by molar-refractivity contribution is 6.01. The third-order valence-electron chi connectivity index (χ3n) is 6.03. The second-order valence-electron chi connectivity index (χ2n) is 8.68. The molecule has 0 spiro atoms. The van der Waals surface area contributed by atoms with Gasteiger partial charge in [0.05, 0.1) is 7.11 Å². The Hall–Kier alpha value is -3.28. The summed E-state index contributed by atoms with van der Waals surface area (Å²) < 4.78 is 5.27. The smallest absolute Gasteiger partial charge is 0.251 e. The van der Waals surface area contributed by atoms with Crippen LogP contribution in [-0.4, -0.2) is 50.7 Å². The largest absolute Gasteiger partial charge is 0.497 e. The molecule has 1 amide bonds. The minimum Gasteiger partial charge on any atom is -0.497 e. The van der Waals surface area contributed by atoms with Crippen LogP contribution < -0.4 is 19.9 Å². The van der Waals surface area contributed by atoms with Crippen molar-refractivity contribution in [1.29, 1.82) is 0 Å². The van der Waals surface area contributed by atoms with Gasteiger partial charge in [0.1, 0.15) is 11.6 Å². The van der Waals surface area contributed by atoms with Crippen molar-refractivity contribution >= 4 is 28.2 Å². The molecule has 6 nitrogen and oxygen atoms in total. The quantitative estimate of drug-likeness (QED) is 0.602. The van der Waals surface area contributed by atoms with Crippen LogP contribution in [0.3, 0.4) is 0 Å². The molecule has 3 aromatic rings. The number of hydrogen-bond acceptors (Lipinski definition) is 5. The van der Waals surface area contributed by atoms with Crippen LogP contribution in [0, 0.1) is 5.92 Å². The number of nitrogens with one attached hydrogen (secondary N) is 1. The van der Waals surface area contributed by atoms with E-state index < -0.39 is 0 Å². The van der Waals surface area contributed by atoms with Crippen molar-refractivity contribution in [2.45, 2.75) is 20.3 Å². The van der Waals surface area contributed by atoms with Crippen molar-refractivity contribution in [3.8, 4) is 5.75 Å². The molecule has 6 heteroatoms. The summed E-state index contributed by atoms with van der Waals surface area (Å²) in [6.45, 7) is 8.61. The highest BCUT2D eigenvalue weighted by Crippen LogP contribution is 2.28. The maximum Gasteiger partial charge on any atom is 0.251 e. The number of ether oxygens (including phenoxy) is 1. The molecular weight excluding hydrogens is 400 g/mol. The molecule has 1 saturated heterocycles. The van der Waals surface area contributed by atoms with E-state index in [0.29, 0.717) is 18.0 Å². The molecule has 0 unspecified atom stereocenters. The number of carbonyl (C=O) groups excluding carboxylic acids is 1. The second-order valence-corrected chi connectivity index (χ2v) is 8.68. The predicted octanol–water partition coefficient (Wildman–Crippen LogP) is 4.35. The molecule has 1 aliphatic heterocycles. The zero-order chi connectivity index (χ0) is 22.5. The average molecular weight is 433 g/mol. The molecule has 2 heterocycles. The van der Waals surface area contributed by atoms with Crippen molar-refractivity contribution < 1.29 is 9.53 Å². The lowest BCUT2D eigenvalue weighted by Crippen LogP contribution is -2.46. The van der Waals surface area contributed by atoms with E-state index in [4.69, 9.17) is 9.72 Å². The Morgan fingerprint density at radius 1 is 1.03 bits per heavy atom. The standard InChI is InChI=1S/C26H32N4O2/c1-19(2)10-12-28-26(31)21-5-4-20-11-13-27-25(24(20)18-21)30-16-14-29(15-17-30)22-6-8-23(32-3)9-7-22/h4-9,11,13,18-19H,10,12,14-17H2,1-3H3,(H,28,31). The normalized spacial score (nSPS) is 14.1. The zero-order valence-corrected chi connectivity index (χ0v) is 19.2. The molecule has 1 aromatic heterocycles. The van der Waals surface area contributed by atoms with E-state index in [1.54, 1.807) is 7.11 Å². The molecule has 2 aromatic carbocycles. The molecule has 168 valence electrons. The Labute approximate surface area is 190 Å². The van der Waals surface area contributed by atoms with Crippen LogP contribution in [0.2, 0.25) is 0 Å². The van der Waals surface area contributed by atoms with Gasteiger partial charge in [0.2, 0.25) is 0 Å². The molecule has 0 aliphatic carbocycles. The predicted molar refractivity (Wildman–Crippen MR) is 131 cm³/mol. The van der Waals surface area contributed by atoms with E-state index in [9.17, 15) is 4.79 Å². The zero-order valence-electron chi connectivity index (χ0n) is 19.2. The summed E-state index contributed by atoms with van der Waals surface area (Å²) in [4.78, 5) is 22.0. The van der Waals surface area contributed by atoms with E-state index in [1.807, 2.05) is 42.6 Å². The van der Waals surface area contributed by atoms with Gasteiger partial charge in [0.15, 0.2) is 0 Å². The van der Waals surface area contributed by atoms with Gasteiger partial charge in [-0.05, 0) is 60.2 Å². The number of piperazine rings is 1. The number of anilines is 2. The molecule has 1 fully saturated rings. The summed E-state index contributed by atoms with van der Waals surface area (Å²) in [6, 6.07) is 16.1. The Bertz CT molecular complexity index is 1060. The van der Waals surface area contributed by atoms with Crippen molar-refractivity contribution in [3.05, 3.63) is 60.3 Å². The molecule has 32 heavy (non-hydrogen) atoms. The van der Waals surface area contributed by atoms with E-state index in [1.165, 1.54) is 5.69 Å². The van der Waals surface area contributed by atoms with Crippen molar-refractivity contribution in [1.82, 2.24) is 10.3 Å². The van der Waals surface area contributed by atoms with Gasteiger partial charge in [0, 0.05) is 55.6 Å². The number of carbonyl (C=O) groups is 1. The summed E-state index contributed by atoms with van der Waals surface area (Å²) in [5.41, 5.74) is 1.89. The minimum absolute atomic E-state index is 0.0216. The highest BCUT2D eigenvalue weighted by Gasteiger charge is 2.20. The molecule has 1 aliphatic rings. The lowest BCUT2D eigenvalue weighted by molar-refractivity contribution is 0.0952. The monoisotopic (exact) mass is 432 g/mol. The first-order valence-electron chi connectivity index (χ1n) is 11.4. The summed E-state index contributed by atoms with van der Waals surface area (Å²) in [5.74, 6) is 2.37. The summed E-state index contributed by atoms with van der Waals surface area (Å²) in [5, 5.41) is 5.17. The van der Waals surface area contributed by atoms with E-state index in [-0.39, 0.29) is 5.91 Å². The molecule has 0 saturated carbocycles. The van der Waals surface area contributed by atoms with Gasteiger partial charge >= 0.3 is 0 Å². The maximum absolute atomic E-state index is 12.6. The van der Waals surface area contributed by atoms with Crippen LogP contribution in [0.25, 0.3) is 10.8 Å². The fourth-order valence-corrected chi connectivity index (χ4v) is 4.09. The van der Waals surface area contributed by atoms with Crippen LogP contribution in [-0.2, 0) is 0 Å². The Morgan fingerprint density at radius 2 is 1.75 bits per heavy atom. The van der Waals surface area contributed by atoms with E-state index >= 15 is 0 Å². The van der Waals surface area contributed by atoms with Gasteiger partial charge in [-0.3, -0.25) is 4.79 Å². The van der Waals surface area contributed by atoms with Crippen LogP contribution >= 0.6 is 0 Å².